The Morgan fingerprint density at radius 3 is 2.13 bits per heavy atom. The molecule has 1 aromatic carbocycles. The van der Waals surface area contributed by atoms with Crippen LogP contribution in [0.5, 0.6) is 0 Å². The second-order valence-corrected chi connectivity index (χ2v) is 5.37. The first kappa shape index (κ1) is 18.9. The molecule has 1 amide bonds. The summed E-state index contributed by atoms with van der Waals surface area (Å²) in [6.45, 7) is 3.10. The van der Waals surface area contributed by atoms with Gasteiger partial charge in [0.2, 0.25) is 0 Å². The molecule has 128 valence electrons. The third kappa shape index (κ3) is 3.61. The predicted molar refractivity (Wildman–Crippen MR) is 72.8 cm³/mol. The van der Waals surface area contributed by atoms with Gasteiger partial charge in [-0.3, -0.25) is 10.1 Å². The van der Waals surface area contributed by atoms with Gasteiger partial charge >= 0.3 is 12.3 Å². The maximum atomic E-state index is 14.5. The van der Waals surface area contributed by atoms with Crippen molar-refractivity contribution in [3.05, 3.63) is 29.1 Å². The fourth-order valence-corrected chi connectivity index (χ4v) is 1.85. The van der Waals surface area contributed by atoms with Gasteiger partial charge in [0, 0.05) is 11.5 Å². The van der Waals surface area contributed by atoms with Gasteiger partial charge in [-0.25, -0.2) is 9.18 Å². The Morgan fingerprint density at radius 2 is 1.74 bits per heavy atom. The molecule has 5 nitrogen and oxygen atoms in total. The number of benzene rings is 1. The highest BCUT2D eigenvalue weighted by molar-refractivity contribution is 6.05. The van der Waals surface area contributed by atoms with Gasteiger partial charge in [0.25, 0.3) is 0 Å². The quantitative estimate of drug-likeness (QED) is 0.579. The van der Waals surface area contributed by atoms with Crippen LogP contribution in [0.25, 0.3) is 0 Å². The SMILES string of the molecule is CC(C)C(=O)c1c(NC(=O)O)ccc(C(C)(O)C(F)(F)F)c1F. The summed E-state index contributed by atoms with van der Waals surface area (Å²) in [6.07, 6.45) is -6.80. The Kier molecular flexibility index (Phi) is 5.05. The van der Waals surface area contributed by atoms with E-state index in [1.165, 1.54) is 13.8 Å². The molecule has 0 aromatic heterocycles. The molecular formula is C14H15F4NO4. The lowest BCUT2D eigenvalue weighted by atomic mass is 9.89. The van der Waals surface area contributed by atoms with E-state index in [-0.39, 0.29) is 0 Å². The number of halogens is 4. The number of carbonyl (C=O) groups is 2. The highest BCUT2D eigenvalue weighted by Crippen LogP contribution is 2.41. The maximum absolute atomic E-state index is 14.5. The van der Waals surface area contributed by atoms with Crippen LogP contribution in [0.2, 0.25) is 0 Å². The Balaban J connectivity index is 3.65. The van der Waals surface area contributed by atoms with Crippen LogP contribution in [0.4, 0.5) is 28.0 Å². The van der Waals surface area contributed by atoms with Crippen molar-refractivity contribution in [1.29, 1.82) is 0 Å². The van der Waals surface area contributed by atoms with Gasteiger partial charge in [-0.15, -0.1) is 0 Å². The lowest BCUT2D eigenvalue weighted by molar-refractivity contribution is -0.259. The molecule has 3 N–H and O–H groups in total. The number of nitrogens with one attached hydrogen (secondary N) is 1. The number of hydrogen-bond donors (Lipinski definition) is 3. The fraction of sp³-hybridized carbons (Fsp3) is 0.429. The van der Waals surface area contributed by atoms with Crippen LogP contribution in [-0.4, -0.2) is 28.3 Å². The molecule has 1 atom stereocenters. The van der Waals surface area contributed by atoms with Gasteiger partial charge in [0.05, 0.1) is 11.3 Å². The second-order valence-electron chi connectivity index (χ2n) is 5.37. The molecule has 0 fully saturated rings. The summed E-state index contributed by atoms with van der Waals surface area (Å²) >= 11 is 0. The number of rotatable bonds is 4. The Bertz CT molecular complexity index is 638. The molecular weight excluding hydrogens is 322 g/mol. The topological polar surface area (TPSA) is 86.6 Å². The Morgan fingerprint density at radius 1 is 1.22 bits per heavy atom. The molecule has 0 heterocycles. The first-order chi connectivity index (χ1) is 10.3. The van der Waals surface area contributed by atoms with Crippen molar-refractivity contribution in [3.63, 3.8) is 0 Å². The zero-order valence-corrected chi connectivity index (χ0v) is 12.5. The molecule has 0 bridgehead atoms. The molecule has 0 aliphatic heterocycles. The minimum Gasteiger partial charge on any atom is -0.465 e. The molecule has 0 radical (unpaired) electrons. The van der Waals surface area contributed by atoms with E-state index in [1.54, 1.807) is 5.32 Å². The van der Waals surface area contributed by atoms with Gasteiger partial charge in [-0.05, 0) is 13.0 Å². The van der Waals surface area contributed by atoms with E-state index in [1.807, 2.05) is 0 Å². The van der Waals surface area contributed by atoms with E-state index in [9.17, 15) is 32.3 Å². The van der Waals surface area contributed by atoms with E-state index >= 15 is 0 Å². The third-order valence-corrected chi connectivity index (χ3v) is 3.23. The Hall–Kier alpha value is -2.16. The minimum atomic E-state index is -5.19. The van der Waals surface area contributed by atoms with Crippen LogP contribution in [0.15, 0.2) is 12.1 Å². The summed E-state index contributed by atoms with van der Waals surface area (Å²) in [4.78, 5) is 22.8. The van der Waals surface area contributed by atoms with Crippen LogP contribution >= 0.6 is 0 Å². The van der Waals surface area contributed by atoms with Crippen molar-refractivity contribution in [2.24, 2.45) is 5.92 Å². The number of alkyl halides is 3. The van der Waals surface area contributed by atoms with Crippen molar-refractivity contribution >= 4 is 17.6 Å². The van der Waals surface area contributed by atoms with Gasteiger partial charge in [-0.1, -0.05) is 19.9 Å². The van der Waals surface area contributed by atoms with E-state index in [4.69, 9.17) is 5.11 Å². The lowest BCUT2D eigenvalue weighted by Gasteiger charge is -2.28. The maximum Gasteiger partial charge on any atom is 0.421 e. The van der Waals surface area contributed by atoms with Crippen LogP contribution < -0.4 is 5.32 Å². The summed E-state index contributed by atoms with van der Waals surface area (Å²) in [7, 11) is 0. The van der Waals surface area contributed by atoms with Crippen LogP contribution in [0.3, 0.4) is 0 Å². The smallest absolute Gasteiger partial charge is 0.421 e. The first-order valence-electron chi connectivity index (χ1n) is 6.47. The van der Waals surface area contributed by atoms with Crippen LogP contribution in [0.1, 0.15) is 36.7 Å². The normalized spacial score (nSPS) is 14.5. The predicted octanol–water partition coefficient (Wildman–Crippen LogP) is 3.52. The van der Waals surface area contributed by atoms with E-state index < -0.39 is 52.2 Å². The summed E-state index contributed by atoms with van der Waals surface area (Å²) in [6, 6.07) is 1.40. The third-order valence-electron chi connectivity index (χ3n) is 3.23. The standard InChI is InChI=1S/C14H15F4NO4/c1-6(2)11(20)9-8(19-12(21)22)5-4-7(10(9)15)13(3,23)14(16,17)18/h4-6,19,23H,1-3H3,(H,21,22). The number of anilines is 1. The van der Waals surface area contributed by atoms with Gasteiger partial charge < -0.3 is 10.2 Å². The molecule has 1 unspecified atom stereocenters. The number of ketones is 1. The largest absolute Gasteiger partial charge is 0.465 e. The van der Waals surface area contributed by atoms with E-state index in [0.717, 1.165) is 6.07 Å². The monoisotopic (exact) mass is 337 g/mol. The highest BCUT2D eigenvalue weighted by atomic mass is 19.4. The van der Waals surface area contributed by atoms with Crippen molar-refractivity contribution in [2.45, 2.75) is 32.5 Å². The van der Waals surface area contributed by atoms with E-state index in [2.05, 4.69) is 0 Å². The summed E-state index contributed by atoms with van der Waals surface area (Å²) in [5, 5.41) is 20.1. The molecule has 0 saturated heterocycles. The number of Topliss-reactive ketones (excluding diaryl/α,β-unsaturated/α-hetero) is 1. The molecule has 1 rings (SSSR count). The molecule has 1 aromatic rings. The molecule has 9 heteroatoms. The number of amides is 1. The molecule has 0 saturated carbocycles. The van der Waals surface area contributed by atoms with Gasteiger partial charge in [-0.2, -0.15) is 13.2 Å². The van der Waals surface area contributed by atoms with Crippen molar-refractivity contribution in [1.82, 2.24) is 0 Å². The van der Waals surface area contributed by atoms with Gasteiger partial charge in [0.1, 0.15) is 5.82 Å². The highest BCUT2D eigenvalue weighted by Gasteiger charge is 2.53. The lowest BCUT2D eigenvalue weighted by Crippen LogP contribution is -2.40. The van der Waals surface area contributed by atoms with Crippen LogP contribution in [-0.2, 0) is 5.60 Å². The summed E-state index contributed by atoms with van der Waals surface area (Å²) in [5.74, 6) is -3.31. The van der Waals surface area contributed by atoms with Gasteiger partial charge in [0.15, 0.2) is 11.4 Å². The number of aliphatic hydroxyl groups is 1. The van der Waals surface area contributed by atoms with Crippen molar-refractivity contribution in [2.75, 3.05) is 5.32 Å². The first-order valence-corrected chi connectivity index (χ1v) is 6.47. The second kappa shape index (κ2) is 6.15. The van der Waals surface area contributed by atoms with Crippen molar-refractivity contribution < 1.29 is 37.4 Å². The molecule has 0 aliphatic carbocycles. The molecule has 0 spiro atoms. The zero-order valence-electron chi connectivity index (χ0n) is 12.5. The zero-order chi connectivity index (χ0) is 18.2. The van der Waals surface area contributed by atoms with Crippen LogP contribution in [0, 0.1) is 11.7 Å². The summed E-state index contributed by atoms with van der Waals surface area (Å²) in [5.41, 5.74) is -6.03. The number of carbonyl (C=O) groups excluding carboxylic acids is 1. The van der Waals surface area contributed by atoms with Crippen molar-refractivity contribution in [3.8, 4) is 0 Å². The molecule has 0 aliphatic rings. The average molecular weight is 337 g/mol. The van der Waals surface area contributed by atoms with E-state index in [0.29, 0.717) is 13.0 Å². The summed E-state index contributed by atoms with van der Waals surface area (Å²) < 4.78 is 53.2. The average Bonchev–Trinajstić information content (AvgIpc) is 2.35. The Labute approximate surface area is 128 Å². The number of hydrogen-bond acceptors (Lipinski definition) is 3. The number of carboxylic acid groups (broad SMARTS) is 1. The molecule has 23 heavy (non-hydrogen) atoms. The minimum absolute atomic E-state index is 0.347. The fourth-order valence-electron chi connectivity index (χ4n) is 1.85.